The van der Waals surface area contributed by atoms with Crippen LogP contribution < -0.4 is 11.1 Å². The smallest absolute Gasteiger partial charge is 0.320 e. The number of aromatic amines is 1. The van der Waals surface area contributed by atoms with Gasteiger partial charge in [0, 0.05) is 31.8 Å². The predicted molar refractivity (Wildman–Crippen MR) is 60.1 cm³/mol. The van der Waals surface area contributed by atoms with Crippen molar-refractivity contribution in [2.24, 2.45) is 5.73 Å². The van der Waals surface area contributed by atoms with E-state index in [1.165, 1.54) is 0 Å². The van der Waals surface area contributed by atoms with E-state index < -0.39 is 17.9 Å². The maximum Gasteiger partial charge on any atom is 0.320 e. The number of carbonyl (C=O) groups excluding carboxylic acids is 1. The highest BCUT2D eigenvalue weighted by atomic mass is 16.4. The average molecular weight is 240 g/mol. The number of carboxylic acids is 1. The Labute approximate surface area is 98.4 Å². The second-order valence-electron chi connectivity index (χ2n) is 3.64. The molecular formula is C10H16N4O3. The number of carboxylic acid groups (broad SMARTS) is 1. The lowest BCUT2D eigenvalue weighted by Gasteiger charge is -2.12. The monoisotopic (exact) mass is 240 g/mol. The molecule has 0 aromatic carbocycles. The molecule has 0 spiro atoms. The number of H-pyrrole nitrogens is 1. The molecule has 1 atom stereocenters. The van der Waals surface area contributed by atoms with Gasteiger partial charge in [-0.15, -0.1) is 0 Å². The van der Waals surface area contributed by atoms with E-state index in [9.17, 15) is 9.59 Å². The van der Waals surface area contributed by atoms with Crippen molar-refractivity contribution in [3.05, 3.63) is 18.2 Å². The number of nitrogens with zero attached hydrogens (tertiary/aromatic N) is 1. The molecule has 0 bridgehead atoms. The molecule has 17 heavy (non-hydrogen) atoms. The van der Waals surface area contributed by atoms with Crippen LogP contribution in [-0.2, 0) is 16.0 Å². The normalized spacial score (nSPS) is 12.2. The number of carbonyl (C=O) groups is 2. The van der Waals surface area contributed by atoms with Crippen LogP contribution in [0.3, 0.4) is 0 Å². The number of aliphatic carboxylic acids is 1. The molecule has 0 unspecified atom stereocenters. The molecule has 7 heteroatoms. The Hall–Kier alpha value is -1.89. The van der Waals surface area contributed by atoms with E-state index in [0.717, 1.165) is 5.82 Å². The first kappa shape index (κ1) is 13.2. The van der Waals surface area contributed by atoms with Gasteiger partial charge in [-0.1, -0.05) is 0 Å². The molecule has 0 aliphatic carbocycles. The van der Waals surface area contributed by atoms with Crippen LogP contribution in [0.25, 0.3) is 0 Å². The number of nitrogens with two attached hydrogens (primary N) is 1. The van der Waals surface area contributed by atoms with Crippen molar-refractivity contribution in [3.8, 4) is 0 Å². The summed E-state index contributed by atoms with van der Waals surface area (Å²) >= 11 is 0. The van der Waals surface area contributed by atoms with Crippen molar-refractivity contribution in [2.75, 3.05) is 6.54 Å². The molecule has 7 nitrogen and oxygen atoms in total. The van der Waals surface area contributed by atoms with E-state index in [2.05, 4.69) is 15.3 Å². The Balaban J connectivity index is 2.29. The topological polar surface area (TPSA) is 121 Å². The maximum atomic E-state index is 10.9. The number of imidazole rings is 1. The third-order valence-electron chi connectivity index (χ3n) is 2.28. The minimum absolute atomic E-state index is 0.0602. The zero-order chi connectivity index (χ0) is 12.7. The lowest BCUT2D eigenvalue weighted by atomic mass is 10.1. The summed E-state index contributed by atoms with van der Waals surface area (Å²) in [5.41, 5.74) is 4.97. The van der Waals surface area contributed by atoms with Crippen LogP contribution in [0.15, 0.2) is 12.4 Å². The zero-order valence-electron chi connectivity index (χ0n) is 9.35. The van der Waals surface area contributed by atoms with Crippen LogP contribution >= 0.6 is 0 Å². The third-order valence-corrected chi connectivity index (χ3v) is 2.28. The minimum atomic E-state index is -0.981. The lowest BCUT2D eigenvalue weighted by Crippen LogP contribution is -2.38. The van der Waals surface area contributed by atoms with Crippen molar-refractivity contribution in [2.45, 2.75) is 25.3 Å². The van der Waals surface area contributed by atoms with Crippen molar-refractivity contribution >= 4 is 11.9 Å². The van der Waals surface area contributed by atoms with Gasteiger partial charge in [0.2, 0.25) is 5.91 Å². The van der Waals surface area contributed by atoms with Gasteiger partial charge in [-0.3, -0.25) is 9.59 Å². The van der Waals surface area contributed by atoms with Crippen LogP contribution in [0.4, 0.5) is 0 Å². The largest absolute Gasteiger partial charge is 0.480 e. The molecule has 0 aliphatic rings. The van der Waals surface area contributed by atoms with Gasteiger partial charge in [0.05, 0.1) is 0 Å². The summed E-state index contributed by atoms with van der Waals surface area (Å²) in [6.45, 7) is 0.475. The van der Waals surface area contributed by atoms with E-state index in [-0.39, 0.29) is 12.8 Å². The first-order valence-corrected chi connectivity index (χ1v) is 5.32. The number of hydrogen-bond acceptors (Lipinski definition) is 4. The van der Waals surface area contributed by atoms with Gasteiger partial charge in [-0.25, -0.2) is 4.98 Å². The Bertz CT molecular complexity index is 364. The van der Waals surface area contributed by atoms with E-state index in [1.54, 1.807) is 12.4 Å². The van der Waals surface area contributed by atoms with Crippen LogP contribution in [-0.4, -0.2) is 39.5 Å². The van der Waals surface area contributed by atoms with Crippen LogP contribution in [0.5, 0.6) is 0 Å². The van der Waals surface area contributed by atoms with E-state index in [1.807, 2.05) is 0 Å². The highest BCUT2D eigenvalue weighted by Crippen LogP contribution is 1.98. The molecule has 0 fully saturated rings. The first-order valence-electron chi connectivity index (χ1n) is 5.32. The molecule has 1 aromatic heterocycles. The summed E-state index contributed by atoms with van der Waals surface area (Å²) in [6.07, 6.45) is 4.20. The lowest BCUT2D eigenvalue weighted by molar-refractivity contribution is -0.139. The number of aromatic nitrogens is 2. The molecule has 5 N–H and O–H groups in total. The quantitative estimate of drug-likeness (QED) is 0.477. The molecule has 0 radical (unpaired) electrons. The number of nitrogens with one attached hydrogen (secondary N) is 2. The molecule has 0 saturated carbocycles. The number of amides is 1. The Kier molecular flexibility index (Phi) is 5.15. The molecule has 1 heterocycles. The van der Waals surface area contributed by atoms with Gasteiger partial charge >= 0.3 is 5.97 Å². The molecule has 1 rings (SSSR count). The van der Waals surface area contributed by atoms with Gasteiger partial charge in [-0.05, 0) is 6.42 Å². The van der Waals surface area contributed by atoms with Crippen LogP contribution in [0.1, 0.15) is 18.7 Å². The average Bonchev–Trinajstić information content (AvgIpc) is 2.74. The molecule has 0 saturated heterocycles. The third kappa shape index (κ3) is 5.12. The Morgan fingerprint density at radius 2 is 2.35 bits per heavy atom. The van der Waals surface area contributed by atoms with E-state index in [4.69, 9.17) is 10.8 Å². The maximum absolute atomic E-state index is 10.9. The van der Waals surface area contributed by atoms with Crippen LogP contribution in [0.2, 0.25) is 0 Å². The minimum Gasteiger partial charge on any atom is -0.480 e. The first-order chi connectivity index (χ1) is 8.09. The second-order valence-corrected chi connectivity index (χ2v) is 3.64. The summed E-state index contributed by atoms with van der Waals surface area (Å²) in [5, 5.41) is 11.8. The fourth-order valence-corrected chi connectivity index (χ4v) is 1.40. The van der Waals surface area contributed by atoms with Gasteiger partial charge in [0.1, 0.15) is 11.9 Å². The van der Waals surface area contributed by atoms with E-state index in [0.29, 0.717) is 13.0 Å². The van der Waals surface area contributed by atoms with Gasteiger partial charge in [0.25, 0.3) is 0 Å². The Morgan fingerprint density at radius 3 is 2.88 bits per heavy atom. The summed E-state index contributed by atoms with van der Waals surface area (Å²) in [5.74, 6) is -0.689. The molecule has 1 amide bonds. The summed E-state index contributed by atoms with van der Waals surface area (Å²) in [7, 11) is 0. The van der Waals surface area contributed by atoms with Gasteiger partial charge < -0.3 is 21.1 Å². The zero-order valence-corrected chi connectivity index (χ0v) is 9.35. The number of primary amides is 1. The number of rotatable bonds is 8. The SMILES string of the molecule is NC(=O)CC[C@H](NCCc1ncc[nH]1)C(=O)O. The second kappa shape index (κ2) is 6.64. The molecule has 1 aromatic rings. The summed E-state index contributed by atoms with van der Waals surface area (Å²) < 4.78 is 0. The number of hydrogen-bond donors (Lipinski definition) is 4. The van der Waals surface area contributed by atoms with Crippen molar-refractivity contribution < 1.29 is 14.7 Å². The fourth-order valence-electron chi connectivity index (χ4n) is 1.40. The van der Waals surface area contributed by atoms with Crippen molar-refractivity contribution in [3.63, 3.8) is 0 Å². The Morgan fingerprint density at radius 1 is 1.59 bits per heavy atom. The van der Waals surface area contributed by atoms with Crippen molar-refractivity contribution in [1.29, 1.82) is 0 Å². The van der Waals surface area contributed by atoms with Gasteiger partial charge in [0.15, 0.2) is 0 Å². The highest BCUT2D eigenvalue weighted by Gasteiger charge is 2.17. The summed E-state index contributed by atoms with van der Waals surface area (Å²) in [4.78, 5) is 28.4. The highest BCUT2D eigenvalue weighted by molar-refractivity contribution is 5.77. The van der Waals surface area contributed by atoms with Gasteiger partial charge in [-0.2, -0.15) is 0 Å². The molecule has 94 valence electrons. The standard InChI is InChI=1S/C10H16N4O3/c11-8(15)2-1-7(10(16)17)12-4-3-9-13-5-6-14-9/h5-7,12H,1-4H2,(H2,11,15)(H,13,14)(H,16,17)/t7-/m0/s1. The molecular weight excluding hydrogens is 224 g/mol. The molecule has 0 aliphatic heterocycles. The van der Waals surface area contributed by atoms with E-state index >= 15 is 0 Å². The van der Waals surface area contributed by atoms with Crippen molar-refractivity contribution in [1.82, 2.24) is 15.3 Å². The van der Waals surface area contributed by atoms with Crippen LogP contribution in [0, 0.1) is 0 Å². The fraction of sp³-hybridized carbons (Fsp3) is 0.500. The predicted octanol–water partition coefficient (Wildman–Crippen LogP) is -0.740. The summed E-state index contributed by atoms with van der Waals surface area (Å²) in [6, 6.07) is -0.752.